The van der Waals surface area contributed by atoms with Crippen LogP contribution in [-0.4, -0.2) is 30.9 Å². The maximum absolute atomic E-state index is 11.0. The maximum atomic E-state index is 11.0. The minimum atomic E-state index is -0.506. The molecule has 1 aliphatic rings. The van der Waals surface area contributed by atoms with Gasteiger partial charge in [-0.05, 0) is 86.9 Å². The van der Waals surface area contributed by atoms with E-state index in [9.17, 15) is 5.11 Å². The third-order valence-corrected chi connectivity index (χ3v) is 5.56. The van der Waals surface area contributed by atoms with E-state index >= 15 is 0 Å². The Morgan fingerprint density at radius 3 is 2.42 bits per heavy atom. The SMILES string of the molecule is COc1cccc(CCNCCCC2(O)CCc3ccccc3CC2)c1. The average molecular weight is 354 g/mol. The van der Waals surface area contributed by atoms with Crippen molar-refractivity contribution in [3.05, 3.63) is 65.2 Å². The molecule has 0 saturated heterocycles. The zero-order valence-electron chi connectivity index (χ0n) is 15.8. The first-order chi connectivity index (χ1) is 12.7. The van der Waals surface area contributed by atoms with Crippen LogP contribution in [0.4, 0.5) is 0 Å². The molecule has 3 nitrogen and oxygen atoms in total. The predicted molar refractivity (Wildman–Crippen MR) is 107 cm³/mol. The van der Waals surface area contributed by atoms with E-state index in [1.807, 2.05) is 12.1 Å². The summed E-state index contributed by atoms with van der Waals surface area (Å²) in [5.74, 6) is 0.916. The summed E-state index contributed by atoms with van der Waals surface area (Å²) in [7, 11) is 1.70. The fraction of sp³-hybridized carbons (Fsp3) is 0.478. The molecule has 0 bridgehead atoms. The number of hydrogen-bond acceptors (Lipinski definition) is 3. The molecule has 0 aromatic heterocycles. The van der Waals surface area contributed by atoms with Gasteiger partial charge in [0.25, 0.3) is 0 Å². The first kappa shape index (κ1) is 18.9. The van der Waals surface area contributed by atoms with Gasteiger partial charge in [0.15, 0.2) is 0 Å². The standard InChI is InChI=1S/C23H31NO2/c1-26-22-9-4-6-19(18-22)12-17-24-16-5-13-23(25)14-10-20-7-2-3-8-21(20)11-15-23/h2-4,6-9,18,24-25H,5,10-17H2,1H3. The van der Waals surface area contributed by atoms with Gasteiger partial charge in [-0.3, -0.25) is 0 Å². The number of aryl methyl sites for hydroxylation is 2. The Labute approximate surface area is 157 Å². The van der Waals surface area contributed by atoms with Crippen LogP contribution in [0.3, 0.4) is 0 Å². The zero-order chi connectivity index (χ0) is 18.2. The summed E-state index contributed by atoms with van der Waals surface area (Å²) in [6.07, 6.45) is 6.66. The quantitative estimate of drug-likeness (QED) is 0.558. The highest BCUT2D eigenvalue weighted by molar-refractivity contribution is 5.29. The number of rotatable bonds is 8. The van der Waals surface area contributed by atoms with Crippen LogP contribution in [0.15, 0.2) is 48.5 Å². The van der Waals surface area contributed by atoms with E-state index in [2.05, 4.69) is 41.7 Å². The molecule has 1 aliphatic carbocycles. The molecule has 26 heavy (non-hydrogen) atoms. The molecule has 0 spiro atoms. The molecular formula is C23H31NO2. The monoisotopic (exact) mass is 353 g/mol. The molecule has 0 atom stereocenters. The van der Waals surface area contributed by atoms with Crippen molar-refractivity contribution in [2.45, 2.75) is 50.5 Å². The van der Waals surface area contributed by atoms with Gasteiger partial charge in [0.1, 0.15) is 5.75 Å². The van der Waals surface area contributed by atoms with Crippen LogP contribution in [0.25, 0.3) is 0 Å². The highest BCUT2D eigenvalue weighted by Crippen LogP contribution is 2.30. The van der Waals surface area contributed by atoms with Crippen LogP contribution in [0.1, 0.15) is 42.4 Å². The Hall–Kier alpha value is -1.84. The zero-order valence-corrected chi connectivity index (χ0v) is 15.8. The number of benzene rings is 2. The molecule has 2 aromatic carbocycles. The van der Waals surface area contributed by atoms with Gasteiger partial charge in [0, 0.05) is 0 Å². The molecule has 0 unspecified atom stereocenters. The lowest BCUT2D eigenvalue weighted by molar-refractivity contribution is 0.0155. The number of hydrogen-bond donors (Lipinski definition) is 2. The number of methoxy groups -OCH3 is 1. The first-order valence-electron chi connectivity index (χ1n) is 9.81. The van der Waals surface area contributed by atoms with E-state index in [1.54, 1.807) is 7.11 Å². The van der Waals surface area contributed by atoms with Gasteiger partial charge in [0.05, 0.1) is 12.7 Å². The molecule has 2 N–H and O–H groups in total. The third kappa shape index (κ3) is 5.33. The van der Waals surface area contributed by atoms with E-state index in [0.717, 1.165) is 63.8 Å². The van der Waals surface area contributed by atoms with Gasteiger partial charge in [-0.2, -0.15) is 0 Å². The molecule has 0 radical (unpaired) electrons. The normalized spacial score (nSPS) is 15.9. The number of nitrogens with one attached hydrogen (secondary N) is 1. The van der Waals surface area contributed by atoms with Crippen molar-refractivity contribution < 1.29 is 9.84 Å². The summed E-state index contributed by atoms with van der Waals surface area (Å²) in [5, 5.41) is 14.5. The van der Waals surface area contributed by atoms with Crippen LogP contribution in [0.2, 0.25) is 0 Å². The molecular weight excluding hydrogens is 322 g/mol. The number of ether oxygens (including phenoxy) is 1. The van der Waals surface area contributed by atoms with E-state index in [-0.39, 0.29) is 0 Å². The second-order valence-corrected chi connectivity index (χ2v) is 7.45. The second-order valence-electron chi connectivity index (χ2n) is 7.45. The van der Waals surface area contributed by atoms with Gasteiger partial charge in [-0.1, -0.05) is 36.4 Å². The van der Waals surface area contributed by atoms with E-state index in [1.165, 1.54) is 16.7 Å². The van der Waals surface area contributed by atoms with Crippen LogP contribution < -0.4 is 10.1 Å². The third-order valence-electron chi connectivity index (χ3n) is 5.56. The topological polar surface area (TPSA) is 41.5 Å². The molecule has 140 valence electrons. The average Bonchev–Trinajstić information content (AvgIpc) is 2.85. The fourth-order valence-corrected chi connectivity index (χ4v) is 3.88. The van der Waals surface area contributed by atoms with Crippen LogP contribution in [0, 0.1) is 0 Å². The van der Waals surface area contributed by atoms with Crippen LogP contribution in [-0.2, 0) is 19.3 Å². The summed E-state index contributed by atoms with van der Waals surface area (Å²) in [6, 6.07) is 16.9. The predicted octanol–water partition coefficient (Wildman–Crippen LogP) is 3.92. The fourth-order valence-electron chi connectivity index (χ4n) is 3.88. The first-order valence-corrected chi connectivity index (χ1v) is 9.81. The van der Waals surface area contributed by atoms with Gasteiger partial charge in [-0.15, -0.1) is 0 Å². The van der Waals surface area contributed by atoms with Crippen molar-refractivity contribution in [1.82, 2.24) is 5.32 Å². The van der Waals surface area contributed by atoms with Crippen molar-refractivity contribution in [3.63, 3.8) is 0 Å². The largest absolute Gasteiger partial charge is 0.497 e. The molecule has 0 saturated carbocycles. The summed E-state index contributed by atoms with van der Waals surface area (Å²) in [6.45, 7) is 1.91. The molecule has 0 heterocycles. The molecule has 3 rings (SSSR count). The molecule has 0 aliphatic heterocycles. The van der Waals surface area contributed by atoms with Crippen molar-refractivity contribution in [2.24, 2.45) is 0 Å². The van der Waals surface area contributed by atoms with Crippen LogP contribution >= 0.6 is 0 Å². The van der Waals surface area contributed by atoms with E-state index in [4.69, 9.17) is 4.74 Å². The lowest BCUT2D eigenvalue weighted by atomic mass is 9.89. The summed E-state index contributed by atoms with van der Waals surface area (Å²) in [5.41, 5.74) is 3.62. The highest BCUT2D eigenvalue weighted by atomic mass is 16.5. The van der Waals surface area contributed by atoms with Gasteiger partial charge in [0.2, 0.25) is 0 Å². The van der Waals surface area contributed by atoms with E-state index < -0.39 is 5.60 Å². The molecule has 3 heteroatoms. The molecule has 0 amide bonds. The molecule has 0 fully saturated rings. The summed E-state index contributed by atoms with van der Waals surface area (Å²) in [4.78, 5) is 0. The Morgan fingerprint density at radius 1 is 1.00 bits per heavy atom. The van der Waals surface area contributed by atoms with Gasteiger partial charge in [-0.25, -0.2) is 0 Å². The summed E-state index contributed by atoms with van der Waals surface area (Å²) >= 11 is 0. The minimum Gasteiger partial charge on any atom is -0.497 e. The Balaban J connectivity index is 1.36. The molecule has 2 aromatic rings. The second kappa shape index (κ2) is 9.20. The summed E-state index contributed by atoms with van der Waals surface area (Å²) < 4.78 is 5.26. The highest BCUT2D eigenvalue weighted by Gasteiger charge is 2.28. The van der Waals surface area contributed by atoms with Crippen molar-refractivity contribution in [2.75, 3.05) is 20.2 Å². The van der Waals surface area contributed by atoms with Crippen LogP contribution in [0.5, 0.6) is 5.75 Å². The van der Waals surface area contributed by atoms with Crippen molar-refractivity contribution in [1.29, 1.82) is 0 Å². The lowest BCUT2D eigenvalue weighted by Crippen LogP contribution is -2.30. The van der Waals surface area contributed by atoms with Crippen molar-refractivity contribution >= 4 is 0 Å². The Kier molecular flexibility index (Phi) is 6.70. The Bertz CT molecular complexity index is 671. The van der Waals surface area contributed by atoms with Crippen molar-refractivity contribution in [3.8, 4) is 5.75 Å². The lowest BCUT2D eigenvalue weighted by Gasteiger charge is -2.26. The number of fused-ring (bicyclic) bond motifs is 1. The minimum absolute atomic E-state index is 0.506. The number of aliphatic hydroxyl groups is 1. The van der Waals surface area contributed by atoms with E-state index in [0.29, 0.717) is 0 Å². The van der Waals surface area contributed by atoms with Gasteiger partial charge >= 0.3 is 0 Å². The maximum Gasteiger partial charge on any atom is 0.119 e. The Morgan fingerprint density at radius 2 is 1.73 bits per heavy atom. The smallest absolute Gasteiger partial charge is 0.119 e. The van der Waals surface area contributed by atoms with Gasteiger partial charge < -0.3 is 15.2 Å².